The Labute approximate surface area is 224 Å². The van der Waals surface area contributed by atoms with Gasteiger partial charge in [0.05, 0.1) is 19.8 Å². The predicted molar refractivity (Wildman–Crippen MR) is 153 cm³/mol. The van der Waals surface area contributed by atoms with Gasteiger partial charge < -0.3 is 14.3 Å². The van der Waals surface area contributed by atoms with E-state index >= 15 is 0 Å². The highest BCUT2D eigenvalue weighted by Gasteiger charge is 2.50. The minimum absolute atomic E-state index is 0.0454. The normalized spacial score (nSPS) is 17.0. The van der Waals surface area contributed by atoms with Gasteiger partial charge in [-0.25, -0.2) is 0 Å². The van der Waals surface area contributed by atoms with Crippen LogP contribution in [-0.2, 0) is 14.0 Å². The summed E-state index contributed by atoms with van der Waals surface area (Å²) in [5.74, 6) is -0.731. The number of piperazine rings is 1. The Morgan fingerprint density at radius 3 is 1.78 bits per heavy atom. The van der Waals surface area contributed by atoms with E-state index in [2.05, 4.69) is 91.2 Å². The number of rotatable bonds is 11. The lowest BCUT2D eigenvalue weighted by Gasteiger charge is -2.43. The molecule has 1 aliphatic rings. The zero-order valence-corrected chi connectivity index (χ0v) is 24.6. The van der Waals surface area contributed by atoms with Crippen molar-refractivity contribution < 1.29 is 19.1 Å². The van der Waals surface area contributed by atoms with Gasteiger partial charge >= 0.3 is 5.97 Å². The molecule has 1 heterocycles. The van der Waals surface area contributed by atoms with Crippen molar-refractivity contribution in [3.8, 4) is 0 Å². The summed E-state index contributed by atoms with van der Waals surface area (Å²) in [6, 6.07) is 20.9. The van der Waals surface area contributed by atoms with Crippen LogP contribution in [0.3, 0.4) is 0 Å². The second-order valence-corrected chi connectivity index (χ2v) is 16.4. The molecule has 0 amide bonds. The van der Waals surface area contributed by atoms with Crippen molar-refractivity contribution in [2.75, 3.05) is 52.5 Å². The number of carbonyl (C=O) groups is 1. The van der Waals surface area contributed by atoms with Crippen molar-refractivity contribution in [1.82, 2.24) is 9.80 Å². The molecule has 0 radical (unpaired) electrons. The van der Waals surface area contributed by atoms with Crippen LogP contribution in [0.1, 0.15) is 41.5 Å². The maximum Gasteiger partial charge on any atom is 0.321 e. The highest BCUT2D eigenvalue weighted by atomic mass is 28.4. The van der Waals surface area contributed by atoms with Gasteiger partial charge in [-0.1, -0.05) is 102 Å². The topological polar surface area (TPSA) is 62.2 Å². The molecule has 204 valence electrons. The largest absolute Gasteiger partial charge is 0.480 e. The minimum Gasteiger partial charge on any atom is -0.480 e. The van der Waals surface area contributed by atoms with Crippen molar-refractivity contribution in [1.29, 1.82) is 0 Å². The highest BCUT2D eigenvalue weighted by Crippen LogP contribution is 2.36. The summed E-state index contributed by atoms with van der Waals surface area (Å²) in [6.07, 6.45) is 0. The quantitative estimate of drug-likeness (QED) is 0.356. The fourth-order valence-corrected chi connectivity index (χ4v) is 10.2. The molecule has 1 fully saturated rings. The summed E-state index contributed by atoms with van der Waals surface area (Å²) >= 11 is 0. The molecule has 37 heavy (non-hydrogen) atoms. The number of ether oxygens (including phenoxy) is 1. The van der Waals surface area contributed by atoms with E-state index < -0.39 is 20.3 Å². The van der Waals surface area contributed by atoms with Gasteiger partial charge in [0.1, 0.15) is 6.04 Å². The van der Waals surface area contributed by atoms with Gasteiger partial charge in [0, 0.05) is 32.7 Å². The number of nitrogens with zero attached hydrogens (tertiary/aromatic N) is 2. The van der Waals surface area contributed by atoms with Gasteiger partial charge in [-0.05, 0) is 20.8 Å². The predicted octanol–water partition coefficient (Wildman–Crippen LogP) is 3.70. The Morgan fingerprint density at radius 2 is 1.35 bits per heavy atom. The molecule has 1 N–H and O–H groups in total. The third-order valence-electron chi connectivity index (χ3n) is 7.34. The smallest absolute Gasteiger partial charge is 0.321 e. The lowest BCUT2D eigenvalue weighted by atomic mass is 9.85. The Bertz CT molecular complexity index is 925. The summed E-state index contributed by atoms with van der Waals surface area (Å²) in [5, 5.41) is 12.2. The first-order chi connectivity index (χ1) is 17.5. The van der Waals surface area contributed by atoms with Crippen molar-refractivity contribution >= 4 is 24.7 Å². The van der Waals surface area contributed by atoms with Crippen LogP contribution in [0.15, 0.2) is 60.7 Å². The van der Waals surface area contributed by atoms with Crippen molar-refractivity contribution in [2.24, 2.45) is 5.41 Å². The molecular weight excluding hydrogens is 480 g/mol. The molecule has 1 saturated heterocycles. The lowest BCUT2D eigenvalue weighted by Crippen LogP contribution is -2.66. The summed E-state index contributed by atoms with van der Waals surface area (Å²) in [6.45, 7) is 18.7. The molecule has 0 saturated carbocycles. The van der Waals surface area contributed by atoms with Gasteiger partial charge in [-0.15, -0.1) is 0 Å². The highest BCUT2D eigenvalue weighted by molar-refractivity contribution is 6.99. The average Bonchev–Trinajstić information content (AvgIpc) is 2.84. The zero-order chi connectivity index (χ0) is 27.1. The molecular formula is C30H46N2O4Si. The second kappa shape index (κ2) is 12.7. The van der Waals surface area contributed by atoms with E-state index in [-0.39, 0.29) is 10.5 Å². The van der Waals surface area contributed by atoms with Crippen molar-refractivity contribution in [3.05, 3.63) is 60.7 Å². The maximum absolute atomic E-state index is 11.8. The number of aliphatic carboxylic acids is 1. The third kappa shape index (κ3) is 7.30. The van der Waals surface area contributed by atoms with E-state index in [1.165, 1.54) is 10.4 Å². The first-order valence-corrected chi connectivity index (χ1v) is 15.4. The van der Waals surface area contributed by atoms with Gasteiger partial charge in [0.15, 0.2) is 0 Å². The zero-order valence-electron chi connectivity index (χ0n) is 23.6. The van der Waals surface area contributed by atoms with Crippen molar-refractivity contribution in [3.63, 3.8) is 0 Å². The van der Waals surface area contributed by atoms with E-state index in [0.29, 0.717) is 19.8 Å². The molecule has 0 aliphatic carbocycles. The molecule has 7 heteroatoms. The minimum atomic E-state index is -2.53. The van der Waals surface area contributed by atoms with Crippen LogP contribution in [0.5, 0.6) is 0 Å². The Kier molecular flexibility index (Phi) is 10.1. The van der Waals surface area contributed by atoms with E-state index in [1.807, 2.05) is 20.8 Å². The van der Waals surface area contributed by atoms with Crippen molar-refractivity contribution in [2.45, 2.75) is 52.6 Å². The number of hydrogen-bond donors (Lipinski definition) is 1. The molecule has 0 aromatic heterocycles. The van der Waals surface area contributed by atoms with E-state index in [0.717, 1.165) is 32.7 Å². The maximum atomic E-state index is 11.8. The van der Waals surface area contributed by atoms with Crippen LogP contribution in [0, 0.1) is 5.41 Å². The Morgan fingerprint density at radius 1 is 0.838 bits per heavy atom. The Hall–Kier alpha value is -2.03. The molecule has 0 bridgehead atoms. The van der Waals surface area contributed by atoms with Gasteiger partial charge in [-0.2, -0.15) is 0 Å². The van der Waals surface area contributed by atoms with Gasteiger partial charge in [-0.3, -0.25) is 14.6 Å². The summed E-state index contributed by atoms with van der Waals surface area (Å²) in [7, 11) is -2.53. The van der Waals surface area contributed by atoms with Gasteiger partial charge in [0.2, 0.25) is 0 Å². The monoisotopic (exact) mass is 526 g/mol. The molecule has 2 aromatic rings. The van der Waals surface area contributed by atoms with Crippen LogP contribution in [-0.4, -0.2) is 87.8 Å². The van der Waals surface area contributed by atoms with Crippen LogP contribution >= 0.6 is 0 Å². The fourth-order valence-electron chi connectivity index (χ4n) is 5.63. The molecule has 1 unspecified atom stereocenters. The van der Waals surface area contributed by atoms with Crippen LogP contribution in [0.2, 0.25) is 5.04 Å². The second-order valence-electron chi connectivity index (χ2n) is 12.1. The van der Waals surface area contributed by atoms with Crippen LogP contribution in [0.25, 0.3) is 0 Å². The first kappa shape index (κ1) is 29.5. The summed E-state index contributed by atoms with van der Waals surface area (Å²) in [5.41, 5.74) is -0.289. The first-order valence-electron chi connectivity index (χ1n) is 13.5. The summed E-state index contributed by atoms with van der Waals surface area (Å²) < 4.78 is 12.9. The van der Waals surface area contributed by atoms with Gasteiger partial charge in [0.25, 0.3) is 8.32 Å². The van der Waals surface area contributed by atoms with E-state index in [1.54, 1.807) is 0 Å². The molecule has 1 aliphatic heterocycles. The molecule has 0 spiro atoms. The van der Waals surface area contributed by atoms with E-state index in [9.17, 15) is 9.90 Å². The molecule has 1 atom stereocenters. The number of benzene rings is 2. The number of carboxylic acid groups (broad SMARTS) is 1. The Balaban J connectivity index is 1.53. The lowest BCUT2D eigenvalue weighted by molar-refractivity contribution is -0.148. The molecule has 6 nitrogen and oxygen atoms in total. The fraction of sp³-hybridized carbons (Fsp3) is 0.567. The van der Waals surface area contributed by atoms with Crippen LogP contribution in [0.4, 0.5) is 0 Å². The molecule has 2 aromatic carbocycles. The third-order valence-corrected chi connectivity index (χ3v) is 12.4. The summed E-state index contributed by atoms with van der Waals surface area (Å²) in [4.78, 5) is 16.3. The SMILES string of the molecule is CC(C)(C)C(C(=O)O)N1CCN(CCOCCO[Si](c2ccccc2)(c2ccccc2)C(C)(C)C)CC1. The number of carboxylic acids is 1. The van der Waals surface area contributed by atoms with Crippen LogP contribution < -0.4 is 10.4 Å². The molecule has 3 rings (SSSR count). The number of hydrogen-bond acceptors (Lipinski definition) is 5. The average molecular weight is 527 g/mol. The standard InChI is InChI=1S/C30H46N2O4Si/c1-29(2,3)27(28(33)34)32-19-17-31(18-20-32)21-22-35-23-24-36-37(30(4,5)6,25-13-9-7-10-14-25)26-15-11-8-12-16-26/h7-16,27H,17-24H2,1-6H3,(H,33,34). The van der Waals surface area contributed by atoms with E-state index in [4.69, 9.17) is 9.16 Å².